The van der Waals surface area contributed by atoms with Crippen molar-refractivity contribution in [2.45, 2.75) is 13.5 Å². The molecular weight excluding hydrogens is 397 g/mol. The van der Waals surface area contributed by atoms with Gasteiger partial charge in [-0.3, -0.25) is 4.79 Å². The van der Waals surface area contributed by atoms with E-state index < -0.39 is 0 Å². The highest BCUT2D eigenvalue weighted by Gasteiger charge is 2.11. The van der Waals surface area contributed by atoms with E-state index in [0.717, 1.165) is 13.8 Å². The number of nitrogens with one attached hydrogen (secondary N) is 1. The number of thiophene rings is 1. The van der Waals surface area contributed by atoms with Gasteiger partial charge in [0.1, 0.15) is 5.82 Å². The van der Waals surface area contributed by atoms with Crippen molar-refractivity contribution in [2.24, 2.45) is 0 Å². The highest BCUT2D eigenvalue weighted by Crippen LogP contribution is 2.32. The molecule has 0 spiro atoms. The number of hydrogen-bond acceptors (Lipinski definition) is 2. The highest BCUT2D eigenvalue weighted by atomic mass is 79.9. The number of carbonyl (C=O) groups excluding carboxylic acids is 1. The fourth-order valence-corrected chi connectivity index (χ4v) is 3.43. The largest absolute Gasteiger partial charge is 0.347 e. The van der Waals surface area contributed by atoms with Gasteiger partial charge in [0.05, 0.1) is 8.66 Å². The van der Waals surface area contributed by atoms with E-state index in [1.165, 1.54) is 17.4 Å². The first-order valence-corrected chi connectivity index (χ1v) is 7.85. The van der Waals surface area contributed by atoms with Crippen molar-refractivity contribution in [2.75, 3.05) is 0 Å². The predicted molar refractivity (Wildman–Crippen MR) is 82.0 cm³/mol. The number of benzene rings is 1. The number of hydrogen-bond donors (Lipinski definition) is 1. The second kappa shape index (κ2) is 6.15. The fraction of sp³-hybridized carbons (Fsp3) is 0.154. The van der Waals surface area contributed by atoms with Crippen molar-refractivity contribution in [3.05, 3.63) is 54.3 Å². The third kappa shape index (κ3) is 3.64. The molecule has 1 aromatic heterocycles. The van der Waals surface area contributed by atoms with Crippen molar-refractivity contribution in [3.63, 3.8) is 0 Å². The van der Waals surface area contributed by atoms with Gasteiger partial charge in [0.15, 0.2) is 0 Å². The molecule has 1 amide bonds. The Bertz CT molecular complexity index is 608. The maximum Gasteiger partial charge on any atom is 0.261 e. The van der Waals surface area contributed by atoms with Gasteiger partial charge in [-0.15, -0.1) is 11.3 Å². The molecule has 0 aliphatic carbocycles. The van der Waals surface area contributed by atoms with Gasteiger partial charge in [-0.1, -0.05) is 12.1 Å². The van der Waals surface area contributed by atoms with Crippen LogP contribution in [0.1, 0.15) is 20.8 Å². The number of halogens is 3. The molecule has 1 heterocycles. The Morgan fingerprint density at radius 2 is 2.11 bits per heavy atom. The van der Waals surface area contributed by atoms with Gasteiger partial charge in [0.2, 0.25) is 0 Å². The second-order valence-corrected chi connectivity index (χ2v) is 7.22. The lowest BCUT2D eigenvalue weighted by Crippen LogP contribution is -2.21. The minimum Gasteiger partial charge on any atom is -0.347 e. The van der Waals surface area contributed by atoms with E-state index in [1.807, 2.05) is 0 Å². The lowest BCUT2D eigenvalue weighted by Gasteiger charge is -2.05. The van der Waals surface area contributed by atoms with Gasteiger partial charge < -0.3 is 5.32 Å². The zero-order chi connectivity index (χ0) is 14.0. The van der Waals surface area contributed by atoms with Gasteiger partial charge in [-0.05, 0) is 62.0 Å². The molecule has 0 saturated carbocycles. The summed E-state index contributed by atoms with van der Waals surface area (Å²) in [6.07, 6.45) is 0. The summed E-state index contributed by atoms with van der Waals surface area (Å²) in [5.74, 6) is -0.425. The maximum atomic E-state index is 13.4. The van der Waals surface area contributed by atoms with Crippen LogP contribution in [0.2, 0.25) is 0 Å². The van der Waals surface area contributed by atoms with Crippen LogP contribution in [0.15, 0.2) is 32.5 Å². The first-order chi connectivity index (χ1) is 8.97. The number of aryl methyl sites for hydroxylation is 1. The lowest BCUT2D eigenvalue weighted by molar-refractivity contribution is 0.0955. The Morgan fingerprint density at radius 1 is 1.37 bits per heavy atom. The summed E-state index contributed by atoms with van der Waals surface area (Å²) in [6, 6.07) is 6.70. The summed E-state index contributed by atoms with van der Waals surface area (Å²) in [6.45, 7) is 2.02. The van der Waals surface area contributed by atoms with Crippen LogP contribution in [0.25, 0.3) is 0 Å². The van der Waals surface area contributed by atoms with Gasteiger partial charge in [0.25, 0.3) is 5.91 Å². The van der Waals surface area contributed by atoms with E-state index in [1.54, 1.807) is 25.1 Å². The smallest absolute Gasteiger partial charge is 0.261 e. The van der Waals surface area contributed by atoms with Crippen molar-refractivity contribution in [1.82, 2.24) is 5.32 Å². The molecular formula is C13H10Br2FNOS. The highest BCUT2D eigenvalue weighted by molar-refractivity contribution is 9.13. The SMILES string of the molecule is Cc1ccc(CNC(=O)c2cc(Br)c(Br)s2)cc1F. The van der Waals surface area contributed by atoms with E-state index >= 15 is 0 Å². The molecule has 0 aliphatic heterocycles. The predicted octanol–water partition coefficient (Wildman–Crippen LogP) is 4.65. The maximum absolute atomic E-state index is 13.4. The zero-order valence-electron chi connectivity index (χ0n) is 9.97. The van der Waals surface area contributed by atoms with Crippen LogP contribution >= 0.6 is 43.2 Å². The molecule has 19 heavy (non-hydrogen) atoms. The molecule has 1 N–H and O–H groups in total. The van der Waals surface area contributed by atoms with Crippen LogP contribution in [-0.2, 0) is 6.54 Å². The van der Waals surface area contributed by atoms with E-state index in [2.05, 4.69) is 37.2 Å². The van der Waals surface area contributed by atoms with E-state index in [0.29, 0.717) is 17.0 Å². The number of carbonyl (C=O) groups is 1. The number of amides is 1. The molecule has 0 fully saturated rings. The third-order valence-electron chi connectivity index (χ3n) is 2.56. The van der Waals surface area contributed by atoms with E-state index in [9.17, 15) is 9.18 Å². The van der Waals surface area contributed by atoms with Crippen LogP contribution in [0.4, 0.5) is 4.39 Å². The average molecular weight is 407 g/mol. The Hall–Kier alpha value is -0.720. The average Bonchev–Trinajstić information content (AvgIpc) is 2.71. The zero-order valence-corrected chi connectivity index (χ0v) is 14.0. The first kappa shape index (κ1) is 14.7. The Balaban J connectivity index is 2.02. The van der Waals surface area contributed by atoms with Crippen molar-refractivity contribution in [1.29, 1.82) is 0 Å². The molecule has 0 radical (unpaired) electrons. The minimum atomic E-state index is -0.256. The minimum absolute atomic E-state index is 0.169. The van der Waals surface area contributed by atoms with Crippen LogP contribution in [0.5, 0.6) is 0 Å². The van der Waals surface area contributed by atoms with Gasteiger partial charge in [-0.25, -0.2) is 4.39 Å². The standard InChI is InChI=1S/C13H10Br2FNOS/c1-7-2-3-8(4-10(7)16)6-17-13(18)11-5-9(14)12(15)19-11/h2-5H,6H2,1H3,(H,17,18). The van der Waals surface area contributed by atoms with E-state index in [-0.39, 0.29) is 11.7 Å². The molecule has 0 saturated heterocycles. The first-order valence-electron chi connectivity index (χ1n) is 5.45. The van der Waals surface area contributed by atoms with E-state index in [4.69, 9.17) is 0 Å². The summed E-state index contributed by atoms with van der Waals surface area (Å²) in [5, 5.41) is 2.77. The van der Waals surface area contributed by atoms with Crippen LogP contribution in [-0.4, -0.2) is 5.91 Å². The normalized spacial score (nSPS) is 10.5. The Morgan fingerprint density at radius 3 is 2.68 bits per heavy atom. The molecule has 2 aromatic rings. The molecule has 0 unspecified atom stereocenters. The summed E-state index contributed by atoms with van der Waals surface area (Å²) in [4.78, 5) is 12.5. The molecule has 0 aliphatic rings. The van der Waals surface area contributed by atoms with Gasteiger partial charge in [0, 0.05) is 11.0 Å². The van der Waals surface area contributed by atoms with Gasteiger partial charge >= 0.3 is 0 Å². The second-order valence-electron chi connectivity index (χ2n) is 4.00. The molecule has 100 valence electrons. The number of rotatable bonds is 3. The van der Waals surface area contributed by atoms with Crippen LogP contribution < -0.4 is 5.32 Å². The Kier molecular flexibility index (Phi) is 4.76. The van der Waals surface area contributed by atoms with Crippen molar-refractivity contribution < 1.29 is 9.18 Å². The lowest BCUT2D eigenvalue weighted by atomic mass is 10.1. The molecule has 2 rings (SSSR count). The fourth-order valence-electron chi connectivity index (χ4n) is 1.47. The van der Waals surface area contributed by atoms with Crippen molar-refractivity contribution in [3.8, 4) is 0 Å². The monoisotopic (exact) mass is 405 g/mol. The van der Waals surface area contributed by atoms with Gasteiger partial charge in [-0.2, -0.15) is 0 Å². The summed E-state index contributed by atoms with van der Waals surface area (Å²) >= 11 is 8.02. The topological polar surface area (TPSA) is 29.1 Å². The summed E-state index contributed by atoms with van der Waals surface area (Å²) in [7, 11) is 0. The molecule has 0 atom stereocenters. The quantitative estimate of drug-likeness (QED) is 0.789. The summed E-state index contributed by atoms with van der Waals surface area (Å²) < 4.78 is 15.1. The molecule has 1 aromatic carbocycles. The van der Waals surface area contributed by atoms with Crippen LogP contribution in [0, 0.1) is 12.7 Å². The Labute approximate surface area is 131 Å². The molecule has 0 bridgehead atoms. The summed E-state index contributed by atoms with van der Waals surface area (Å²) in [5.41, 5.74) is 1.34. The van der Waals surface area contributed by atoms with Crippen molar-refractivity contribution >= 4 is 49.1 Å². The molecule has 6 heteroatoms. The van der Waals surface area contributed by atoms with Crippen LogP contribution in [0.3, 0.4) is 0 Å². The molecule has 2 nitrogen and oxygen atoms in total. The third-order valence-corrected chi connectivity index (χ3v) is 5.81.